The fourth-order valence-corrected chi connectivity index (χ4v) is 4.80. The number of benzene rings is 1. The van der Waals surface area contributed by atoms with E-state index in [-0.39, 0.29) is 12.3 Å². The number of carbonyl (C=O) groups is 1. The number of rotatable bonds is 11. The molecule has 0 amide bonds. The highest BCUT2D eigenvalue weighted by Gasteiger charge is 2.27. The van der Waals surface area contributed by atoms with Crippen molar-refractivity contribution in [1.29, 1.82) is 0 Å². The van der Waals surface area contributed by atoms with E-state index in [9.17, 15) is 9.90 Å². The van der Waals surface area contributed by atoms with Gasteiger partial charge in [0.25, 0.3) is 0 Å². The van der Waals surface area contributed by atoms with Gasteiger partial charge in [-0.05, 0) is 55.8 Å². The van der Waals surface area contributed by atoms with Gasteiger partial charge in [-0.15, -0.1) is 0 Å². The van der Waals surface area contributed by atoms with E-state index in [0.29, 0.717) is 41.6 Å². The van der Waals surface area contributed by atoms with Crippen molar-refractivity contribution in [2.45, 2.75) is 65.5 Å². The van der Waals surface area contributed by atoms with Crippen LogP contribution in [0.5, 0.6) is 5.75 Å². The maximum Gasteiger partial charge on any atom is 0.339 e. The Bertz CT molecular complexity index is 1190. The van der Waals surface area contributed by atoms with E-state index in [1.807, 2.05) is 17.6 Å². The lowest BCUT2D eigenvalue weighted by atomic mass is 10.0. The zero-order valence-corrected chi connectivity index (χ0v) is 21.9. The molecule has 2 heterocycles. The van der Waals surface area contributed by atoms with E-state index in [1.54, 1.807) is 0 Å². The summed E-state index contributed by atoms with van der Waals surface area (Å²) in [4.78, 5) is 21.2. The average molecular weight is 482 g/mol. The third-order valence-electron chi connectivity index (χ3n) is 6.41. The van der Waals surface area contributed by atoms with Gasteiger partial charge in [-0.25, -0.2) is 14.8 Å². The van der Waals surface area contributed by atoms with Gasteiger partial charge < -0.3 is 19.1 Å². The molecule has 0 aliphatic heterocycles. The van der Waals surface area contributed by atoms with Crippen molar-refractivity contribution in [1.82, 2.24) is 14.5 Å². The molecule has 1 aromatic carbocycles. The number of aromatic carboxylic acids is 1. The topological polar surface area (TPSA) is 86.5 Å². The zero-order chi connectivity index (χ0) is 24.5. The van der Waals surface area contributed by atoms with Crippen molar-refractivity contribution in [3.05, 3.63) is 41.3 Å². The predicted octanol–water partition coefficient (Wildman–Crippen LogP) is 5.77. The first kappa shape index (κ1) is 24.4. The van der Waals surface area contributed by atoms with E-state index in [2.05, 4.69) is 48.7 Å². The number of fused-ring (bicyclic) bond motifs is 1. The minimum Gasteiger partial charge on any atom is -0.493 e. The zero-order valence-electron chi connectivity index (χ0n) is 20.9. The molecule has 0 spiro atoms. The first-order chi connectivity index (χ1) is 16.2. The molecule has 4 rings (SSSR count). The van der Waals surface area contributed by atoms with Gasteiger partial charge in [-0.3, -0.25) is 0 Å². The molecule has 1 saturated carbocycles. The van der Waals surface area contributed by atoms with Crippen LogP contribution in [-0.2, 0) is 17.9 Å². The van der Waals surface area contributed by atoms with Crippen LogP contribution >= 0.6 is 0 Å². The fourth-order valence-electron chi connectivity index (χ4n) is 4.04. The predicted molar refractivity (Wildman–Crippen MR) is 136 cm³/mol. The third kappa shape index (κ3) is 5.33. The van der Waals surface area contributed by atoms with Crippen LogP contribution in [0.3, 0.4) is 0 Å². The summed E-state index contributed by atoms with van der Waals surface area (Å²) in [7, 11) is -1.24. The molecule has 1 N–H and O–H groups in total. The van der Waals surface area contributed by atoms with Crippen molar-refractivity contribution >= 4 is 25.1 Å². The molecule has 0 radical (unpaired) electrons. The summed E-state index contributed by atoms with van der Waals surface area (Å²) in [6.45, 7) is 12.4. The molecule has 1 fully saturated rings. The summed E-state index contributed by atoms with van der Waals surface area (Å²) in [6.07, 6.45) is 4.74. The number of hydrogen-bond acceptors (Lipinski definition) is 5. The molecule has 1 aliphatic carbocycles. The Morgan fingerprint density at radius 2 is 2.00 bits per heavy atom. The number of carboxylic acid groups (broad SMARTS) is 1. The Morgan fingerprint density at radius 1 is 1.24 bits per heavy atom. The Hall–Kier alpha value is -2.71. The lowest BCUT2D eigenvalue weighted by molar-refractivity contribution is 0.0694. The second-order valence-corrected chi connectivity index (χ2v) is 16.0. The van der Waals surface area contributed by atoms with Gasteiger partial charge in [0, 0.05) is 25.9 Å². The molecule has 2 aromatic heterocycles. The van der Waals surface area contributed by atoms with Crippen LogP contribution in [0.2, 0.25) is 25.7 Å². The molecule has 0 unspecified atom stereocenters. The SMILES string of the molecule is CCc1ccc(OCC2CC2)c(-c2ncnc3c(C(=O)O)c(C)n(COCC[Si](C)(C)C)c23)c1. The van der Waals surface area contributed by atoms with Gasteiger partial charge in [0.1, 0.15) is 35.6 Å². The summed E-state index contributed by atoms with van der Waals surface area (Å²) in [5, 5.41) is 9.97. The van der Waals surface area contributed by atoms with Crippen molar-refractivity contribution < 1.29 is 19.4 Å². The van der Waals surface area contributed by atoms with E-state index in [1.165, 1.54) is 24.7 Å². The fraction of sp³-hybridized carbons (Fsp3) is 0.500. The molecule has 0 saturated heterocycles. The highest BCUT2D eigenvalue weighted by atomic mass is 28.3. The highest BCUT2D eigenvalue weighted by Crippen LogP contribution is 2.38. The largest absolute Gasteiger partial charge is 0.493 e. The van der Waals surface area contributed by atoms with E-state index in [0.717, 1.165) is 23.8 Å². The van der Waals surface area contributed by atoms with E-state index in [4.69, 9.17) is 9.47 Å². The van der Waals surface area contributed by atoms with Gasteiger partial charge >= 0.3 is 5.97 Å². The van der Waals surface area contributed by atoms with Gasteiger partial charge in [-0.2, -0.15) is 0 Å². The Kier molecular flexibility index (Phi) is 7.09. The number of hydrogen-bond donors (Lipinski definition) is 1. The quantitative estimate of drug-likeness (QED) is 0.276. The molecular weight excluding hydrogens is 446 g/mol. The second kappa shape index (κ2) is 9.88. The number of carboxylic acids is 1. The molecule has 182 valence electrons. The van der Waals surface area contributed by atoms with Crippen LogP contribution in [0.15, 0.2) is 24.5 Å². The highest BCUT2D eigenvalue weighted by molar-refractivity contribution is 6.76. The Morgan fingerprint density at radius 3 is 2.65 bits per heavy atom. The standard InChI is InChI=1S/C26H35N3O4Si/c1-6-18-9-10-21(33-14-19-7-8-19)20(13-18)23-25-24(28-15-27-23)22(26(30)31)17(2)29(25)16-32-11-12-34(3,4)5/h9-10,13,15,19H,6-8,11-12,14,16H2,1-5H3,(H,30,31). The summed E-state index contributed by atoms with van der Waals surface area (Å²) in [5.74, 6) is 0.389. The van der Waals surface area contributed by atoms with Crippen LogP contribution < -0.4 is 4.74 Å². The van der Waals surface area contributed by atoms with Crippen LogP contribution in [-0.4, -0.2) is 46.9 Å². The van der Waals surface area contributed by atoms with Gasteiger partial charge in [0.05, 0.1) is 12.1 Å². The number of ether oxygens (including phenoxy) is 2. The molecule has 0 bridgehead atoms. The van der Waals surface area contributed by atoms with Gasteiger partial charge in [0.15, 0.2) is 0 Å². The van der Waals surface area contributed by atoms with Gasteiger partial charge in [-0.1, -0.05) is 32.6 Å². The van der Waals surface area contributed by atoms with Crippen LogP contribution in [0.25, 0.3) is 22.3 Å². The monoisotopic (exact) mass is 481 g/mol. The lowest BCUT2D eigenvalue weighted by Gasteiger charge is -2.17. The number of nitrogens with zero attached hydrogens (tertiary/aromatic N) is 3. The maximum absolute atomic E-state index is 12.2. The minimum atomic E-state index is -1.24. The summed E-state index contributed by atoms with van der Waals surface area (Å²) in [5.41, 5.74) is 4.62. The molecule has 3 aromatic rings. The smallest absolute Gasteiger partial charge is 0.339 e. The van der Waals surface area contributed by atoms with E-state index >= 15 is 0 Å². The van der Waals surface area contributed by atoms with Crippen LogP contribution in [0.4, 0.5) is 0 Å². The summed E-state index contributed by atoms with van der Waals surface area (Å²) < 4.78 is 14.2. The minimum absolute atomic E-state index is 0.194. The van der Waals surface area contributed by atoms with Crippen molar-refractivity contribution in [3.8, 4) is 17.0 Å². The second-order valence-electron chi connectivity index (χ2n) is 10.4. The van der Waals surface area contributed by atoms with Crippen molar-refractivity contribution in [2.75, 3.05) is 13.2 Å². The van der Waals surface area contributed by atoms with Gasteiger partial charge in [0.2, 0.25) is 0 Å². The molecule has 0 atom stereocenters. The van der Waals surface area contributed by atoms with Crippen molar-refractivity contribution in [3.63, 3.8) is 0 Å². The van der Waals surface area contributed by atoms with Crippen LogP contribution in [0, 0.1) is 12.8 Å². The first-order valence-electron chi connectivity index (χ1n) is 12.1. The Labute approximate surface area is 202 Å². The van der Waals surface area contributed by atoms with E-state index < -0.39 is 14.0 Å². The first-order valence-corrected chi connectivity index (χ1v) is 15.8. The average Bonchev–Trinajstić information content (AvgIpc) is 3.57. The number of aromatic nitrogens is 3. The lowest BCUT2D eigenvalue weighted by Crippen LogP contribution is -2.22. The van der Waals surface area contributed by atoms with Crippen LogP contribution in [0.1, 0.15) is 41.4 Å². The number of aryl methyl sites for hydroxylation is 1. The maximum atomic E-state index is 12.2. The molecule has 34 heavy (non-hydrogen) atoms. The summed E-state index contributed by atoms with van der Waals surface area (Å²) in [6, 6.07) is 7.23. The molecule has 7 nitrogen and oxygen atoms in total. The summed E-state index contributed by atoms with van der Waals surface area (Å²) >= 11 is 0. The van der Waals surface area contributed by atoms with Crippen molar-refractivity contribution in [2.24, 2.45) is 5.92 Å². The molecule has 8 heteroatoms. The Balaban J connectivity index is 1.82. The molecular formula is C26H35N3O4Si. The third-order valence-corrected chi connectivity index (χ3v) is 8.11. The molecule has 1 aliphatic rings. The normalized spacial score (nSPS) is 14.0.